The van der Waals surface area contributed by atoms with Gasteiger partial charge in [0.15, 0.2) is 0 Å². The van der Waals surface area contributed by atoms with Gasteiger partial charge in [-0.15, -0.1) is 0 Å². The molecule has 1 heterocycles. The van der Waals surface area contributed by atoms with Gasteiger partial charge in [0, 0.05) is 17.5 Å². The number of ether oxygens (including phenoxy) is 1. The van der Waals surface area contributed by atoms with Crippen molar-refractivity contribution in [3.05, 3.63) is 89.9 Å². The Bertz CT molecular complexity index is 753. The van der Waals surface area contributed by atoms with Crippen LogP contribution in [0.1, 0.15) is 42.2 Å². The first-order chi connectivity index (χ1) is 12.3. The van der Waals surface area contributed by atoms with E-state index in [4.69, 9.17) is 9.15 Å². The number of hydrogen-bond acceptors (Lipinski definition) is 2. The van der Waals surface area contributed by atoms with Crippen LogP contribution in [0.5, 0.6) is 5.75 Å². The lowest BCUT2D eigenvalue weighted by Gasteiger charge is -2.19. The molecule has 0 aliphatic carbocycles. The fourth-order valence-corrected chi connectivity index (χ4v) is 3.30. The summed E-state index contributed by atoms with van der Waals surface area (Å²) in [6, 6.07) is 23.3. The van der Waals surface area contributed by atoms with E-state index in [9.17, 15) is 0 Å². The summed E-state index contributed by atoms with van der Waals surface area (Å²) in [5.74, 6) is 2.11. The van der Waals surface area contributed by atoms with Crippen LogP contribution in [0.3, 0.4) is 0 Å². The Hall–Kier alpha value is -2.52. The molecule has 0 fully saturated rings. The zero-order valence-corrected chi connectivity index (χ0v) is 14.9. The molecule has 0 saturated carbocycles. The van der Waals surface area contributed by atoms with E-state index >= 15 is 0 Å². The summed E-state index contributed by atoms with van der Waals surface area (Å²) in [5.41, 5.74) is 2.54. The van der Waals surface area contributed by atoms with Crippen LogP contribution in [0.4, 0.5) is 0 Å². The number of nitrogens with two attached hydrogens (primary N) is 1. The molecule has 0 aliphatic rings. The van der Waals surface area contributed by atoms with Crippen LogP contribution in [0.15, 0.2) is 77.4 Å². The van der Waals surface area contributed by atoms with Gasteiger partial charge >= 0.3 is 0 Å². The molecular formula is C22H26NO2+. The highest BCUT2D eigenvalue weighted by atomic mass is 16.5. The van der Waals surface area contributed by atoms with Gasteiger partial charge in [0.1, 0.15) is 17.6 Å². The lowest BCUT2D eigenvalue weighted by Crippen LogP contribution is -2.84. The van der Waals surface area contributed by atoms with Crippen LogP contribution < -0.4 is 10.1 Å². The Labute approximate surface area is 149 Å². The number of rotatable bonds is 8. The van der Waals surface area contributed by atoms with Gasteiger partial charge in [-0.25, -0.2) is 0 Å². The summed E-state index contributed by atoms with van der Waals surface area (Å²) < 4.78 is 11.3. The lowest BCUT2D eigenvalue weighted by molar-refractivity contribution is -0.693. The Kier molecular flexibility index (Phi) is 5.91. The number of hydrogen-bond donors (Lipinski definition) is 1. The molecule has 3 aromatic rings. The second-order valence-electron chi connectivity index (χ2n) is 6.32. The molecule has 3 nitrogen and oxygen atoms in total. The maximum Gasteiger partial charge on any atom is 0.122 e. The van der Waals surface area contributed by atoms with Crippen LogP contribution in [0.25, 0.3) is 0 Å². The number of para-hydroxylation sites is 1. The number of benzene rings is 2. The van der Waals surface area contributed by atoms with Crippen molar-refractivity contribution in [3.63, 3.8) is 0 Å². The first kappa shape index (κ1) is 17.3. The van der Waals surface area contributed by atoms with Crippen molar-refractivity contribution in [1.82, 2.24) is 0 Å². The van der Waals surface area contributed by atoms with Crippen molar-refractivity contribution < 1.29 is 14.5 Å². The topological polar surface area (TPSA) is 39.0 Å². The molecular weight excluding hydrogens is 310 g/mol. The average molecular weight is 336 g/mol. The summed E-state index contributed by atoms with van der Waals surface area (Å²) >= 11 is 0. The normalized spacial score (nSPS) is 13.4. The second kappa shape index (κ2) is 8.54. The van der Waals surface area contributed by atoms with E-state index in [1.807, 2.05) is 18.2 Å². The van der Waals surface area contributed by atoms with Crippen LogP contribution in [0.2, 0.25) is 0 Å². The molecule has 3 heteroatoms. The first-order valence-electron chi connectivity index (χ1n) is 8.84. The van der Waals surface area contributed by atoms with Gasteiger partial charge in [0.25, 0.3) is 0 Å². The van der Waals surface area contributed by atoms with Gasteiger partial charge in [-0.3, -0.25) is 0 Å². The monoisotopic (exact) mass is 336 g/mol. The fourth-order valence-electron chi connectivity index (χ4n) is 3.30. The number of furan rings is 1. The number of quaternary nitrogens is 1. The predicted molar refractivity (Wildman–Crippen MR) is 99.8 cm³/mol. The van der Waals surface area contributed by atoms with Crippen molar-refractivity contribution >= 4 is 0 Å². The molecule has 0 bridgehead atoms. The van der Waals surface area contributed by atoms with Crippen LogP contribution in [-0.4, -0.2) is 13.7 Å². The van der Waals surface area contributed by atoms with Gasteiger partial charge in [0.05, 0.1) is 25.8 Å². The highest BCUT2D eigenvalue weighted by molar-refractivity contribution is 5.39. The van der Waals surface area contributed by atoms with Crippen molar-refractivity contribution in [1.29, 1.82) is 0 Å². The Morgan fingerprint density at radius 1 is 0.960 bits per heavy atom. The van der Waals surface area contributed by atoms with Crippen molar-refractivity contribution in [2.75, 3.05) is 13.7 Å². The van der Waals surface area contributed by atoms with Gasteiger partial charge in [-0.2, -0.15) is 0 Å². The molecule has 0 saturated heterocycles. The Balaban J connectivity index is 1.71. The zero-order valence-electron chi connectivity index (χ0n) is 14.9. The molecule has 2 aromatic carbocycles. The summed E-state index contributed by atoms with van der Waals surface area (Å²) in [6.45, 7) is 3.26. The minimum atomic E-state index is 0.199. The third-order valence-electron chi connectivity index (χ3n) is 4.70. The van der Waals surface area contributed by atoms with E-state index in [-0.39, 0.29) is 5.92 Å². The average Bonchev–Trinajstić information content (AvgIpc) is 3.20. The van der Waals surface area contributed by atoms with E-state index < -0.39 is 0 Å². The van der Waals surface area contributed by atoms with Crippen LogP contribution >= 0.6 is 0 Å². The molecule has 0 aliphatic heterocycles. The van der Waals surface area contributed by atoms with Crippen molar-refractivity contribution in [2.24, 2.45) is 0 Å². The summed E-state index contributed by atoms with van der Waals surface area (Å²) in [4.78, 5) is 0. The molecule has 2 N–H and O–H groups in total. The van der Waals surface area contributed by atoms with Gasteiger partial charge < -0.3 is 14.5 Å². The predicted octanol–water partition coefficient (Wildman–Crippen LogP) is 4.13. The van der Waals surface area contributed by atoms with Crippen LogP contribution in [-0.2, 0) is 0 Å². The zero-order chi connectivity index (χ0) is 17.5. The maximum absolute atomic E-state index is 5.72. The van der Waals surface area contributed by atoms with Crippen molar-refractivity contribution in [2.45, 2.75) is 25.3 Å². The highest BCUT2D eigenvalue weighted by Gasteiger charge is 2.21. The molecule has 0 radical (unpaired) electrons. The largest absolute Gasteiger partial charge is 0.496 e. The summed E-state index contributed by atoms with van der Waals surface area (Å²) in [7, 11) is 1.72. The second-order valence-corrected chi connectivity index (χ2v) is 6.32. The quantitative estimate of drug-likeness (QED) is 0.671. The van der Waals surface area contributed by atoms with Gasteiger partial charge in [-0.1, -0.05) is 48.5 Å². The molecule has 3 rings (SSSR count). The Morgan fingerprint density at radius 3 is 2.44 bits per heavy atom. The van der Waals surface area contributed by atoms with Gasteiger partial charge in [-0.05, 0) is 25.1 Å². The van der Waals surface area contributed by atoms with Gasteiger partial charge in [0.2, 0.25) is 0 Å². The van der Waals surface area contributed by atoms with Crippen LogP contribution in [0, 0.1) is 0 Å². The molecule has 1 aromatic heterocycles. The van der Waals surface area contributed by atoms with E-state index in [1.54, 1.807) is 13.4 Å². The minimum absolute atomic E-state index is 0.199. The first-order valence-corrected chi connectivity index (χ1v) is 8.84. The minimum Gasteiger partial charge on any atom is -0.496 e. The standard InChI is InChI=1S/C22H25NO2/c1-17(18-9-4-3-5-10-18)23-15-14-20(22-13-8-16-25-22)19-11-6-7-12-21(19)24-2/h3-13,16-17,20,23H,14-15H2,1-2H3/p+1/t17-,20+/m1/s1. The highest BCUT2D eigenvalue weighted by Crippen LogP contribution is 2.34. The van der Waals surface area contributed by atoms with E-state index in [0.717, 1.165) is 24.5 Å². The third kappa shape index (κ3) is 4.31. The number of methoxy groups -OCH3 is 1. The smallest absolute Gasteiger partial charge is 0.122 e. The molecule has 0 spiro atoms. The maximum atomic E-state index is 5.72. The van der Waals surface area contributed by atoms with Crippen molar-refractivity contribution in [3.8, 4) is 5.75 Å². The van der Waals surface area contributed by atoms with E-state index in [0.29, 0.717) is 6.04 Å². The van der Waals surface area contributed by atoms with E-state index in [1.165, 1.54) is 11.1 Å². The lowest BCUT2D eigenvalue weighted by atomic mass is 9.92. The Morgan fingerprint density at radius 2 is 1.72 bits per heavy atom. The summed E-state index contributed by atoms with van der Waals surface area (Å²) in [6.07, 6.45) is 2.74. The van der Waals surface area contributed by atoms with E-state index in [2.05, 4.69) is 60.8 Å². The molecule has 130 valence electrons. The third-order valence-corrected chi connectivity index (χ3v) is 4.70. The molecule has 0 amide bonds. The molecule has 25 heavy (non-hydrogen) atoms. The summed E-state index contributed by atoms with van der Waals surface area (Å²) in [5, 5.41) is 2.39. The SMILES string of the molecule is COc1ccccc1[C@H](CC[NH2+][C@H](C)c1ccccc1)c1ccco1. The fraction of sp³-hybridized carbons (Fsp3) is 0.273. The molecule has 2 atom stereocenters. The molecule has 0 unspecified atom stereocenters.